The van der Waals surface area contributed by atoms with Gasteiger partial charge in [0.1, 0.15) is 12.7 Å². The van der Waals surface area contributed by atoms with E-state index in [0.29, 0.717) is 11.9 Å². The highest BCUT2D eigenvalue weighted by molar-refractivity contribution is 5.79. The molecule has 1 aromatic heterocycles. The van der Waals surface area contributed by atoms with Crippen molar-refractivity contribution >= 4 is 5.91 Å². The Bertz CT molecular complexity index is 677. The van der Waals surface area contributed by atoms with Gasteiger partial charge in [-0.2, -0.15) is 5.10 Å². The van der Waals surface area contributed by atoms with E-state index < -0.39 is 0 Å². The zero-order valence-electron chi connectivity index (χ0n) is 16.7. The highest BCUT2D eigenvalue weighted by atomic mass is 16.2. The van der Waals surface area contributed by atoms with Crippen molar-refractivity contribution < 1.29 is 4.79 Å². The van der Waals surface area contributed by atoms with Crippen LogP contribution in [0.25, 0.3) is 0 Å². The van der Waals surface area contributed by atoms with E-state index in [1.54, 1.807) is 6.33 Å². The van der Waals surface area contributed by atoms with E-state index in [0.717, 1.165) is 57.0 Å². The number of carbonyl (C=O) groups is 1. The van der Waals surface area contributed by atoms with Crippen LogP contribution in [-0.4, -0.2) is 50.2 Å². The molecular weight excluding hydrogens is 338 g/mol. The van der Waals surface area contributed by atoms with Crippen LogP contribution >= 0.6 is 0 Å². The lowest BCUT2D eigenvalue weighted by atomic mass is 9.50. The monoisotopic (exact) mass is 371 g/mol. The number of hydrogen-bond acceptors (Lipinski definition) is 4. The van der Waals surface area contributed by atoms with Gasteiger partial charge in [-0.1, -0.05) is 0 Å². The summed E-state index contributed by atoms with van der Waals surface area (Å²) in [5.41, 5.74) is 0.0666. The molecule has 6 heteroatoms. The molecule has 1 aliphatic heterocycles. The minimum atomic E-state index is -0.0116. The van der Waals surface area contributed by atoms with Gasteiger partial charge in [0, 0.05) is 17.5 Å². The third-order valence-electron chi connectivity index (χ3n) is 7.95. The van der Waals surface area contributed by atoms with Crippen molar-refractivity contribution in [1.29, 1.82) is 0 Å². The third kappa shape index (κ3) is 3.00. The maximum absolute atomic E-state index is 13.2. The molecule has 6 rings (SSSR count). The number of hydrogen-bond donors (Lipinski definition) is 1. The molecular formula is C21H33N5O. The van der Waals surface area contributed by atoms with Crippen LogP contribution in [0.5, 0.6) is 0 Å². The number of rotatable bonds is 4. The number of piperidine rings is 1. The molecule has 27 heavy (non-hydrogen) atoms. The van der Waals surface area contributed by atoms with E-state index >= 15 is 0 Å². The SMILES string of the molecule is CC(C)N1CCC(C(=O)NC23C[C@@H]4C[C@@H](C2)CC(n2cncn2)(C4)C3)CC1. The van der Waals surface area contributed by atoms with Crippen LogP contribution in [0.1, 0.15) is 65.2 Å². The first kappa shape index (κ1) is 17.7. The van der Waals surface area contributed by atoms with E-state index in [2.05, 4.69) is 38.8 Å². The zero-order chi connectivity index (χ0) is 18.6. The van der Waals surface area contributed by atoms with Crippen molar-refractivity contribution in [3.8, 4) is 0 Å². The topological polar surface area (TPSA) is 63.1 Å². The second-order valence-corrected chi connectivity index (χ2v) is 10.2. The van der Waals surface area contributed by atoms with Crippen LogP contribution in [0, 0.1) is 17.8 Å². The van der Waals surface area contributed by atoms with Crippen molar-refractivity contribution in [2.75, 3.05) is 13.1 Å². The van der Waals surface area contributed by atoms with Crippen LogP contribution in [0.15, 0.2) is 12.7 Å². The quantitative estimate of drug-likeness (QED) is 0.884. The summed E-state index contributed by atoms with van der Waals surface area (Å²) in [5, 5.41) is 8.12. The lowest BCUT2D eigenvalue weighted by Gasteiger charge is -2.62. The van der Waals surface area contributed by atoms with Gasteiger partial charge >= 0.3 is 0 Å². The van der Waals surface area contributed by atoms with Gasteiger partial charge in [-0.3, -0.25) is 4.79 Å². The second kappa shape index (κ2) is 6.29. The molecule has 1 aromatic rings. The lowest BCUT2D eigenvalue weighted by Crippen LogP contribution is -2.66. The Kier molecular flexibility index (Phi) is 4.12. The minimum Gasteiger partial charge on any atom is -0.350 e. The molecule has 0 unspecified atom stereocenters. The summed E-state index contributed by atoms with van der Waals surface area (Å²) < 4.78 is 2.12. The summed E-state index contributed by atoms with van der Waals surface area (Å²) in [5.74, 6) is 1.95. The smallest absolute Gasteiger partial charge is 0.223 e. The van der Waals surface area contributed by atoms with E-state index in [1.807, 2.05) is 6.33 Å². The van der Waals surface area contributed by atoms with E-state index in [-0.39, 0.29) is 17.0 Å². The molecule has 2 heterocycles. The average molecular weight is 372 g/mol. The lowest BCUT2D eigenvalue weighted by molar-refractivity contribution is -0.135. The Morgan fingerprint density at radius 2 is 1.85 bits per heavy atom. The summed E-state index contributed by atoms with van der Waals surface area (Å²) in [6, 6.07) is 0.583. The molecule has 2 atom stereocenters. The molecule has 1 saturated heterocycles. The highest BCUT2D eigenvalue weighted by Gasteiger charge is 2.59. The van der Waals surface area contributed by atoms with Crippen LogP contribution in [0.4, 0.5) is 0 Å². The fraction of sp³-hybridized carbons (Fsp3) is 0.857. The molecule has 1 N–H and O–H groups in total. The Morgan fingerprint density at radius 3 is 2.44 bits per heavy atom. The first-order chi connectivity index (χ1) is 13.0. The van der Waals surface area contributed by atoms with Crippen molar-refractivity contribution in [1.82, 2.24) is 25.0 Å². The van der Waals surface area contributed by atoms with E-state index in [1.165, 1.54) is 19.3 Å². The second-order valence-electron chi connectivity index (χ2n) is 10.2. The normalized spacial score (nSPS) is 39.2. The van der Waals surface area contributed by atoms with Crippen LogP contribution in [-0.2, 0) is 10.3 Å². The van der Waals surface area contributed by atoms with Gasteiger partial charge in [-0.05, 0) is 90.1 Å². The molecule has 148 valence electrons. The highest BCUT2D eigenvalue weighted by Crippen LogP contribution is 2.60. The van der Waals surface area contributed by atoms with Gasteiger partial charge in [0.15, 0.2) is 0 Å². The molecule has 6 nitrogen and oxygen atoms in total. The first-order valence-electron chi connectivity index (χ1n) is 10.9. The van der Waals surface area contributed by atoms with Gasteiger partial charge in [0.25, 0.3) is 0 Å². The number of amides is 1. The molecule has 1 amide bonds. The van der Waals surface area contributed by atoms with Crippen molar-refractivity contribution in [2.45, 2.75) is 82.3 Å². The van der Waals surface area contributed by atoms with Crippen molar-refractivity contribution in [2.24, 2.45) is 17.8 Å². The molecule has 5 aliphatic rings. The summed E-state index contributed by atoms with van der Waals surface area (Å²) >= 11 is 0. The number of aromatic nitrogens is 3. The number of carbonyl (C=O) groups excluding carboxylic acids is 1. The average Bonchev–Trinajstić information content (AvgIpc) is 3.16. The number of likely N-dealkylation sites (tertiary alicyclic amines) is 1. The minimum absolute atomic E-state index is 0.0116. The van der Waals surface area contributed by atoms with Crippen LogP contribution in [0.3, 0.4) is 0 Å². The predicted octanol–water partition coefficient (Wildman–Crippen LogP) is 2.56. The Balaban J connectivity index is 1.31. The van der Waals surface area contributed by atoms with Gasteiger partial charge in [-0.25, -0.2) is 9.67 Å². The molecule has 0 aromatic carbocycles. The first-order valence-corrected chi connectivity index (χ1v) is 10.9. The molecule has 0 radical (unpaired) electrons. The van der Waals surface area contributed by atoms with Gasteiger partial charge < -0.3 is 10.2 Å². The predicted molar refractivity (Wildman–Crippen MR) is 103 cm³/mol. The van der Waals surface area contributed by atoms with Gasteiger partial charge in [0.05, 0.1) is 5.54 Å². The Morgan fingerprint density at radius 1 is 1.15 bits per heavy atom. The van der Waals surface area contributed by atoms with Crippen molar-refractivity contribution in [3.05, 3.63) is 12.7 Å². The number of nitrogens with one attached hydrogen (secondary N) is 1. The fourth-order valence-corrected chi connectivity index (χ4v) is 7.12. The van der Waals surface area contributed by atoms with E-state index in [9.17, 15) is 4.79 Å². The number of nitrogens with zero attached hydrogens (tertiary/aromatic N) is 4. The Labute approximate surface area is 162 Å². The largest absolute Gasteiger partial charge is 0.350 e. The standard InChI is InChI=1S/C21H33N5O/c1-15(2)25-5-3-18(4-6-25)19(27)24-20-8-16-7-17(9-20)11-21(10-16,12-20)26-14-22-13-23-26/h13-18H,3-12H2,1-2H3,(H,24,27)/t16-,17-,20?,21?/m0/s1. The molecule has 0 spiro atoms. The van der Waals surface area contributed by atoms with Crippen LogP contribution in [0.2, 0.25) is 0 Å². The summed E-state index contributed by atoms with van der Waals surface area (Å²) in [7, 11) is 0. The van der Waals surface area contributed by atoms with Crippen molar-refractivity contribution in [3.63, 3.8) is 0 Å². The van der Waals surface area contributed by atoms with Crippen LogP contribution < -0.4 is 5.32 Å². The third-order valence-corrected chi connectivity index (χ3v) is 7.95. The molecule has 4 saturated carbocycles. The van der Waals surface area contributed by atoms with Gasteiger partial charge in [0.2, 0.25) is 5.91 Å². The van der Waals surface area contributed by atoms with E-state index in [4.69, 9.17) is 0 Å². The van der Waals surface area contributed by atoms with Gasteiger partial charge in [-0.15, -0.1) is 0 Å². The maximum atomic E-state index is 13.2. The molecule has 4 bridgehead atoms. The molecule has 4 aliphatic carbocycles. The Hall–Kier alpha value is -1.43. The zero-order valence-corrected chi connectivity index (χ0v) is 16.7. The summed E-state index contributed by atoms with van der Waals surface area (Å²) in [4.78, 5) is 19.9. The summed E-state index contributed by atoms with van der Waals surface area (Å²) in [6.07, 6.45) is 12.7. The summed E-state index contributed by atoms with van der Waals surface area (Å²) in [6.45, 7) is 6.60. The maximum Gasteiger partial charge on any atom is 0.223 e. The molecule has 5 fully saturated rings. The fourth-order valence-electron chi connectivity index (χ4n) is 7.12.